The minimum Gasteiger partial charge on any atom is -0.468 e. The van der Waals surface area contributed by atoms with Gasteiger partial charge in [-0.15, -0.1) is 0 Å². The second-order valence-corrected chi connectivity index (χ2v) is 5.68. The lowest BCUT2D eigenvalue weighted by Gasteiger charge is -2.33. The van der Waals surface area contributed by atoms with Crippen molar-refractivity contribution in [1.29, 1.82) is 0 Å². The van der Waals surface area contributed by atoms with Gasteiger partial charge in [-0.3, -0.25) is 9.69 Å². The van der Waals surface area contributed by atoms with E-state index in [1.807, 2.05) is 0 Å². The quantitative estimate of drug-likeness (QED) is 0.620. The molecule has 0 N–H and O–H groups in total. The molecule has 20 heavy (non-hydrogen) atoms. The number of methoxy groups -OCH3 is 1. The summed E-state index contributed by atoms with van der Waals surface area (Å²) in [6, 6.07) is 2.13. The highest BCUT2D eigenvalue weighted by Crippen LogP contribution is 2.26. The molecular weight excluding hydrogens is 332 g/mol. The van der Waals surface area contributed by atoms with Gasteiger partial charge in [-0.1, -0.05) is 6.42 Å². The number of carbonyl (C=O) groups excluding carboxylic acids is 1. The van der Waals surface area contributed by atoms with E-state index in [0.717, 1.165) is 12.8 Å². The van der Waals surface area contributed by atoms with Crippen LogP contribution in [0.2, 0.25) is 0 Å². The summed E-state index contributed by atoms with van der Waals surface area (Å²) in [4.78, 5) is 13.5. The van der Waals surface area contributed by atoms with E-state index in [1.165, 1.54) is 19.2 Å². The first-order chi connectivity index (χ1) is 9.54. The van der Waals surface area contributed by atoms with Crippen molar-refractivity contribution in [3.05, 3.63) is 33.8 Å². The van der Waals surface area contributed by atoms with E-state index in [1.54, 1.807) is 4.90 Å². The molecule has 1 aromatic carbocycles. The number of nitrogens with zero attached hydrogens (tertiary/aromatic N) is 1. The van der Waals surface area contributed by atoms with Gasteiger partial charge < -0.3 is 4.74 Å². The van der Waals surface area contributed by atoms with Gasteiger partial charge in [0.2, 0.25) is 0 Å². The van der Waals surface area contributed by atoms with Gasteiger partial charge in [0.05, 0.1) is 11.6 Å². The van der Waals surface area contributed by atoms with E-state index in [0.29, 0.717) is 13.0 Å². The third-order valence-corrected chi connectivity index (χ3v) is 4.20. The Balaban J connectivity index is 2.23. The largest absolute Gasteiger partial charge is 0.468 e. The first-order valence-corrected chi connectivity index (χ1v) is 7.28. The molecule has 1 aliphatic rings. The van der Waals surface area contributed by atoms with Crippen LogP contribution in [0.4, 0.5) is 8.78 Å². The molecule has 2 rings (SSSR count). The molecule has 0 spiro atoms. The number of carbonyl (C=O) groups is 1. The van der Waals surface area contributed by atoms with Crippen LogP contribution in [0, 0.1) is 11.6 Å². The van der Waals surface area contributed by atoms with E-state index in [9.17, 15) is 13.6 Å². The zero-order valence-corrected chi connectivity index (χ0v) is 12.8. The van der Waals surface area contributed by atoms with Crippen LogP contribution in [-0.4, -0.2) is 30.6 Å². The first-order valence-electron chi connectivity index (χ1n) is 6.49. The van der Waals surface area contributed by atoms with Crippen molar-refractivity contribution in [2.24, 2.45) is 0 Å². The number of rotatable bonds is 3. The summed E-state index contributed by atoms with van der Waals surface area (Å²) in [7, 11) is 1.33. The van der Waals surface area contributed by atoms with Crippen molar-refractivity contribution in [2.75, 3.05) is 13.7 Å². The Morgan fingerprint density at radius 3 is 2.90 bits per heavy atom. The maximum atomic E-state index is 14.0. The second-order valence-electron chi connectivity index (χ2n) is 4.83. The van der Waals surface area contributed by atoms with Gasteiger partial charge in [0, 0.05) is 12.1 Å². The number of benzene rings is 1. The molecule has 0 bridgehead atoms. The lowest BCUT2D eigenvalue weighted by atomic mass is 10.0. The average Bonchev–Trinajstić information content (AvgIpc) is 2.47. The van der Waals surface area contributed by atoms with Gasteiger partial charge in [0.15, 0.2) is 0 Å². The number of ether oxygens (including phenoxy) is 1. The molecule has 1 aliphatic heterocycles. The van der Waals surface area contributed by atoms with Gasteiger partial charge >= 0.3 is 5.97 Å². The Kier molecular flexibility index (Phi) is 5.10. The summed E-state index contributed by atoms with van der Waals surface area (Å²) < 4.78 is 32.8. The third-order valence-electron chi connectivity index (χ3n) is 3.59. The predicted octanol–water partition coefficient (Wildman–Crippen LogP) is 3.25. The summed E-state index contributed by atoms with van der Waals surface area (Å²) in [5.41, 5.74) is -0.0184. The Hall–Kier alpha value is -1.01. The number of esters is 1. The number of likely N-dealkylation sites (tertiary alicyclic amines) is 1. The molecule has 110 valence electrons. The molecule has 0 saturated carbocycles. The van der Waals surface area contributed by atoms with Crippen LogP contribution in [0.1, 0.15) is 24.8 Å². The van der Waals surface area contributed by atoms with Gasteiger partial charge in [-0.25, -0.2) is 8.78 Å². The van der Waals surface area contributed by atoms with Crippen LogP contribution < -0.4 is 0 Å². The van der Waals surface area contributed by atoms with Crippen LogP contribution in [0.15, 0.2) is 16.6 Å². The predicted molar refractivity (Wildman–Crippen MR) is 74.1 cm³/mol. The minimum atomic E-state index is -0.612. The molecule has 1 aromatic rings. The van der Waals surface area contributed by atoms with Crippen molar-refractivity contribution in [2.45, 2.75) is 31.8 Å². The summed E-state index contributed by atoms with van der Waals surface area (Å²) in [5, 5.41) is 0. The van der Waals surface area contributed by atoms with E-state index < -0.39 is 17.7 Å². The van der Waals surface area contributed by atoms with Crippen molar-refractivity contribution < 1.29 is 18.3 Å². The van der Waals surface area contributed by atoms with Crippen LogP contribution >= 0.6 is 15.9 Å². The summed E-state index contributed by atoms with van der Waals surface area (Å²) in [6.07, 6.45) is 2.48. The normalized spacial score (nSPS) is 19.9. The highest BCUT2D eigenvalue weighted by Gasteiger charge is 2.30. The van der Waals surface area contributed by atoms with Crippen LogP contribution in [-0.2, 0) is 16.1 Å². The lowest BCUT2D eigenvalue weighted by Crippen LogP contribution is -2.44. The lowest BCUT2D eigenvalue weighted by molar-refractivity contribution is -0.148. The SMILES string of the molecule is COC(=O)C1CCCCN1Cc1c(F)ccc(Br)c1F. The van der Waals surface area contributed by atoms with Crippen molar-refractivity contribution >= 4 is 21.9 Å². The van der Waals surface area contributed by atoms with E-state index >= 15 is 0 Å². The molecule has 1 heterocycles. The fraction of sp³-hybridized carbons (Fsp3) is 0.500. The molecule has 0 radical (unpaired) electrons. The summed E-state index contributed by atoms with van der Waals surface area (Å²) in [5.74, 6) is -1.56. The highest BCUT2D eigenvalue weighted by molar-refractivity contribution is 9.10. The Labute approximate surface area is 125 Å². The Bertz CT molecular complexity index is 510. The molecule has 0 aliphatic carbocycles. The molecule has 6 heteroatoms. The highest BCUT2D eigenvalue weighted by atomic mass is 79.9. The smallest absolute Gasteiger partial charge is 0.323 e. The monoisotopic (exact) mass is 347 g/mol. The van der Waals surface area contributed by atoms with Gasteiger partial charge in [-0.05, 0) is 47.4 Å². The number of hydrogen-bond donors (Lipinski definition) is 0. The maximum absolute atomic E-state index is 14.0. The van der Waals surface area contributed by atoms with Gasteiger partial charge in [0.25, 0.3) is 0 Å². The molecule has 1 fully saturated rings. The van der Waals surface area contributed by atoms with E-state index in [-0.39, 0.29) is 22.6 Å². The van der Waals surface area contributed by atoms with Crippen LogP contribution in [0.3, 0.4) is 0 Å². The number of hydrogen-bond acceptors (Lipinski definition) is 3. The molecule has 1 saturated heterocycles. The van der Waals surface area contributed by atoms with Crippen LogP contribution in [0.5, 0.6) is 0 Å². The molecule has 1 atom stereocenters. The maximum Gasteiger partial charge on any atom is 0.323 e. The average molecular weight is 348 g/mol. The molecule has 1 unspecified atom stereocenters. The fourth-order valence-electron chi connectivity index (χ4n) is 2.50. The zero-order chi connectivity index (χ0) is 14.7. The second kappa shape index (κ2) is 6.63. The molecule has 3 nitrogen and oxygen atoms in total. The van der Waals surface area contributed by atoms with Crippen LogP contribution in [0.25, 0.3) is 0 Å². The molecule has 0 amide bonds. The molecule has 0 aromatic heterocycles. The van der Waals surface area contributed by atoms with E-state index in [2.05, 4.69) is 15.9 Å². The van der Waals surface area contributed by atoms with E-state index in [4.69, 9.17) is 4.74 Å². The van der Waals surface area contributed by atoms with Gasteiger partial charge in [0.1, 0.15) is 17.7 Å². The number of piperidine rings is 1. The third kappa shape index (κ3) is 3.17. The first kappa shape index (κ1) is 15.4. The summed E-state index contributed by atoms with van der Waals surface area (Å²) in [6.45, 7) is 0.696. The van der Waals surface area contributed by atoms with Crippen molar-refractivity contribution in [3.8, 4) is 0 Å². The van der Waals surface area contributed by atoms with Gasteiger partial charge in [-0.2, -0.15) is 0 Å². The minimum absolute atomic E-state index is 0.0184. The summed E-state index contributed by atoms with van der Waals surface area (Å²) >= 11 is 3.05. The Morgan fingerprint density at radius 2 is 2.20 bits per heavy atom. The molecular formula is C14H16BrF2NO2. The Morgan fingerprint density at radius 1 is 1.45 bits per heavy atom. The number of halogens is 3. The fourth-order valence-corrected chi connectivity index (χ4v) is 2.87. The zero-order valence-electron chi connectivity index (χ0n) is 11.2. The topological polar surface area (TPSA) is 29.5 Å². The standard InChI is InChI=1S/C14H16BrF2NO2/c1-20-14(19)12-4-2-3-7-18(12)8-9-11(16)6-5-10(15)13(9)17/h5-6,12H,2-4,7-8H2,1H3. The van der Waals surface area contributed by atoms with Crippen molar-refractivity contribution in [3.63, 3.8) is 0 Å². The van der Waals surface area contributed by atoms with Crippen molar-refractivity contribution in [1.82, 2.24) is 4.90 Å².